The van der Waals surface area contributed by atoms with E-state index >= 15 is 0 Å². The number of carbonyl (C=O) groups is 3. The van der Waals surface area contributed by atoms with Crippen LogP contribution in [0.5, 0.6) is 0 Å². The largest absolute Gasteiger partial charge is 0.481 e. The van der Waals surface area contributed by atoms with Gasteiger partial charge in [0.25, 0.3) is 5.91 Å². The van der Waals surface area contributed by atoms with E-state index in [1.165, 1.54) is 11.3 Å². The molecule has 1 unspecified atom stereocenters. The Hall–Kier alpha value is -1.89. The lowest BCUT2D eigenvalue weighted by atomic mass is 10.1. The van der Waals surface area contributed by atoms with Gasteiger partial charge < -0.3 is 15.5 Å². The minimum Gasteiger partial charge on any atom is -0.481 e. The Morgan fingerprint density at radius 3 is 2.47 bits per heavy atom. The third kappa shape index (κ3) is 4.70. The van der Waals surface area contributed by atoms with Gasteiger partial charge >= 0.3 is 11.9 Å². The number of carboxylic acid groups (broad SMARTS) is 2. The molecule has 0 aromatic carbocycles. The van der Waals surface area contributed by atoms with Gasteiger partial charge in [0.2, 0.25) is 0 Å². The van der Waals surface area contributed by atoms with Crippen molar-refractivity contribution in [3.05, 3.63) is 21.9 Å². The molecule has 0 aliphatic rings. The van der Waals surface area contributed by atoms with Crippen molar-refractivity contribution in [1.82, 2.24) is 5.32 Å². The summed E-state index contributed by atoms with van der Waals surface area (Å²) in [4.78, 5) is 34.6. The van der Waals surface area contributed by atoms with Crippen LogP contribution in [0.15, 0.2) is 12.1 Å². The van der Waals surface area contributed by atoms with Crippen LogP contribution < -0.4 is 5.32 Å². The minimum atomic E-state index is -1.23. The number of amides is 1. The third-order valence-corrected chi connectivity index (χ3v) is 3.71. The molecule has 104 valence electrons. The molecule has 0 aliphatic carbocycles. The molecule has 0 saturated carbocycles. The zero-order valence-corrected chi connectivity index (χ0v) is 11.2. The van der Waals surface area contributed by atoms with E-state index < -0.39 is 23.9 Å². The fourth-order valence-electron chi connectivity index (χ4n) is 1.44. The van der Waals surface area contributed by atoms with E-state index in [2.05, 4.69) is 5.32 Å². The Kier molecular flexibility index (Phi) is 5.50. The van der Waals surface area contributed by atoms with Crippen LogP contribution >= 0.6 is 11.3 Å². The van der Waals surface area contributed by atoms with Gasteiger partial charge in [-0.2, -0.15) is 0 Å². The van der Waals surface area contributed by atoms with Crippen molar-refractivity contribution in [2.45, 2.75) is 32.2 Å². The highest BCUT2D eigenvalue weighted by Crippen LogP contribution is 2.17. The normalized spacial score (nSPS) is 11.8. The number of aliphatic carboxylic acids is 2. The molecule has 7 heteroatoms. The molecule has 1 atom stereocenters. The van der Waals surface area contributed by atoms with Crippen LogP contribution in [0.3, 0.4) is 0 Å². The molecule has 1 rings (SSSR count). The van der Waals surface area contributed by atoms with Gasteiger partial charge in [0.1, 0.15) is 6.04 Å². The van der Waals surface area contributed by atoms with Crippen molar-refractivity contribution in [2.24, 2.45) is 0 Å². The maximum Gasteiger partial charge on any atom is 0.326 e. The van der Waals surface area contributed by atoms with Crippen LogP contribution in [0.2, 0.25) is 0 Å². The summed E-state index contributed by atoms with van der Waals surface area (Å²) in [6.45, 7) is 1.96. The first-order chi connectivity index (χ1) is 8.93. The standard InChI is InChI=1S/C12H15NO5S/c1-2-7-3-5-9(19-7)11(16)13-8(12(17)18)4-6-10(14)15/h3,5,8H,2,4,6H2,1H3,(H,13,16)(H,14,15)(H,17,18). The van der Waals surface area contributed by atoms with Crippen molar-refractivity contribution in [3.8, 4) is 0 Å². The number of hydrogen-bond donors (Lipinski definition) is 3. The van der Waals surface area contributed by atoms with Crippen molar-refractivity contribution < 1.29 is 24.6 Å². The number of hydrogen-bond acceptors (Lipinski definition) is 4. The number of aryl methyl sites for hydroxylation is 1. The lowest BCUT2D eigenvalue weighted by Gasteiger charge is -2.12. The predicted molar refractivity (Wildman–Crippen MR) is 69.5 cm³/mol. The van der Waals surface area contributed by atoms with E-state index in [1.54, 1.807) is 6.07 Å². The van der Waals surface area contributed by atoms with E-state index in [1.807, 2.05) is 13.0 Å². The summed E-state index contributed by atoms with van der Waals surface area (Å²) in [6, 6.07) is 2.26. The number of nitrogens with one attached hydrogen (secondary N) is 1. The number of rotatable bonds is 7. The molecule has 0 spiro atoms. The zero-order valence-electron chi connectivity index (χ0n) is 10.4. The van der Waals surface area contributed by atoms with Gasteiger partial charge in [-0.1, -0.05) is 6.92 Å². The molecule has 6 nitrogen and oxygen atoms in total. The Balaban J connectivity index is 2.65. The summed E-state index contributed by atoms with van der Waals surface area (Å²) in [5.74, 6) is -2.81. The highest BCUT2D eigenvalue weighted by atomic mass is 32.1. The molecule has 0 aliphatic heterocycles. The predicted octanol–water partition coefficient (Wildman–Crippen LogP) is 1.36. The van der Waals surface area contributed by atoms with Crippen LogP contribution in [0.4, 0.5) is 0 Å². The van der Waals surface area contributed by atoms with Crippen LogP contribution in [0.25, 0.3) is 0 Å². The van der Waals surface area contributed by atoms with Gasteiger partial charge in [-0.3, -0.25) is 9.59 Å². The van der Waals surface area contributed by atoms with E-state index in [-0.39, 0.29) is 12.8 Å². The summed E-state index contributed by atoms with van der Waals surface area (Å²) < 4.78 is 0. The second-order valence-electron chi connectivity index (χ2n) is 3.92. The number of carbonyl (C=O) groups excluding carboxylic acids is 1. The second-order valence-corrected chi connectivity index (χ2v) is 5.08. The average molecular weight is 285 g/mol. The van der Waals surface area contributed by atoms with Gasteiger partial charge in [0, 0.05) is 11.3 Å². The molecular formula is C12H15NO5S. The summed E-state index contributed by atoms with van der Waals surface area (Å²) in [6.07, 6.45) is 0.365. The first-order valence-corrected chi connectivity index (χ1v) is 6.59. The van der Waals surface area contributed by atoms with E-state index in [4.69, 9.17) is 10.2 Å². The second kappa shape index (κ2) is 6.89. The quantitative estimate of drug-likeness (QED) is 0.701. The lowest BCUT2D eigenvalue weighted by molar-refractivity contribution is -0.140. The monoisotopic (exact) mass is 285 g/mol. The van der Waals surface area contributed by atoms with Gasteiger partial charge in [-0.15, -0.1) is 11.3 Å². The fourth-order valence-corrected chi connectivity index (χ4v) is 2.30. The molecule has 1 heterocycles. The lowest BCUT2D eigenvalue weighted by Crippen LogP contribution is -2.40. The van der Waals surface area contributed by atoms with Gasteiger partial charge in [0.15, 0.2) is 0 Å². The Morgan fingerprint density at radius 2 is 2.00 bits per heavy atom. The highest BCUT2D eigenvalue weighted by Gasteiger charge is 2.22. The van der Waals surface area contributed by atoms with E-state index in [9.17, 15) is 14.4 Å². The topological polar surface area (TPSA) is 104 Å². The molecular weight excluding hydrogens is 270 g/mol. The number of thiophene rings is 1. The van der Waals surface area contributed by atoms with E-state index in [0.29, 0.717) is 4.88 Å². The minimum absolute atomic E-state index is 0.136. The first-order valence-electron chi connectivity index (χ1n) is 5.78. The van der Waals surface area contributed by atoms with Gasteiger partial charge in [-0.05, 0) is 25.0 Å². The zero-order chi connectivity index (χ0) is 14.4. The molecule has 0 fully saturated rings. The van der Waals surface area contributed by atoms with Crippen molar-refractivity contribution in [1.29, 1.82) is 0 Å². The summed E-state index contributed by atoms with van der Waals surface area (Å²) >= 11 is 1.30. The van der Waals surface area contributed by atoms with Crippen molar-refractivity contribution >= 4 is 29.2 Å². The summed E-state index contributed by atoms with van der Waals surface area (Å²) in [5.41, 5.74) is 0. The Bertz CT molecular complexity index is 482. The summed E-state index contributed by atoms with van der Waals surface area (Å²) in [7, 11) is 0. The highest BCUT2D eigenvalue weighted by molar-refractivity contribution is 7.14. The molecule has 0 bridgehead atoms. The molecule has 19 heavy (non-hydrogen) atoms. The average Bonchev–Trinajstić information content (AvgIpc) is 2.82. The van der Waals surface area contributed by atoms with Crippen molar-refractivity contribution in [2.75, 3.05) is 0 Å². The first kappa shape index (κ1) is 15.2. The molecule has 3 N–H and O–H groups in total. The molecule has 1 aromatic heterocycles. The Labute approximate surface area is 114 Å². The smallest absolute Gasteiger partial charge is 0.326 e. The maximum atomic E-state index is 11.8. The Morgan fingerprint density at radius 1 is 1.32 bits per heavy atom. The van der Waals surface area contributed by atoms with Crippen LogP contribution in [0.1, 0.15) is 34.3 Å². The fraction of sp³-hybridized carbons (Fsp3) is 0.417. The van der Waals surface area contributed by atoms with Crippen LogP contribution in [-0.4, -0.2) is 34.1 Å². The third-order valence-electron chi connectivity index (χ3n) is 2.48. The molecule has 1 amide bonds. The SMILES string of the molecule is CCc1ccc(C(=O)NC(CCC(=O)O)C(=O)O)s1. The van der Waals surface area contributed by atoms with Crippen LogP contribution in [0, 0.1) is 0 Å². The molecule has 0 saturated heterocycles. The van der Waals surface area contributed by atoms with E-state index in [0.717, 1.165) is 11.3 Å². The number of carboxylic acids is 2. The van der Waals surface area contributed by atoms with Gasteiger partial charge in [0.05, 0.1) is 4.88 Å². The molecule has 0 radical (unpaired) electrons. The summed E-state index contributed by atoms with van der Waals surface area (Å²) in [5, 5.41) is 19.8. The maximum absolute atomic E-state index is 11.8. The molecule has 1 aromatic rings. The van der Waals surface area contributed by atoms with Gasteiger partial charge in [-0.25, -0.2) is 4.79 Å². The van der Waals surface area contributed by atoms with Crippen molar-refractivity contribution in [3.63, 3.8) is 0 Å². The van der Waals surface area contributed by atoms with Crippen LogP contribution in [-0.2, 0) is 16.0 Å².